The molecular formula is C34H50O5. The highest BCUT2D eigenvalue weighted by Gasteiger charge is 2.64. The molecule has 11 atom stereocenters. The minimum atomic E-state index is -0.940. The first-order valence-electron chi connectivity index (χ1n) is 15.5. The van der Waals surface area contributed by atoms with E-state index in [0.717, 1.165) is 32.1 Å². The van der Waals surface area contributed by atoms with E-state index < -0.39 is 5.97 Å². The summed E-state index contributed by atoms with van der Waals surface area (Å²) in [6.45, 7) is 9.63. The fourth-order valence-electron chi connectivity index (χ4n) is 10.5. The first-order chi connectivity index (χ1) is 18.5. The maximum atomic E-state index is 11.9. The fraction of sp³-hybridized carbons (Fsp3) is 0.735. The van der Waals surface area contributed by atoms with Crippen molar-refractivity contribution in [3.63, 3.8) is 0 Å². The highest BCUT2D eigenvalue weighted by Crippen LogP contribution is 2.69. The van der Waals surface area contributed by atoms with Crippen molar-refractivity contribution in [2.24, 2.45) is 52.3 Å². The molecule has 5 rings (SSSR count). The van der Waals surface area contributed by atoms with Crippen LogP contribution in [0.25, 0.3) is 6.08 Å². The third-order valence-corrected chi connectivity index (χ3v) is 12.4. The molecule has 3 N–H and O–H groups in total. The van der Waals surface area contributed by atoms with E-state index in [2.05, 4.69) is 33.8 Å². The van der Waals surface area contributed by atoms with E-state index in [0.29, 0.717) is 52.7 Å². The zero-order chi connectivity index (χ0) is 28.1. The van der Waals surface area contributed by atoms with Crippen LogP contribution in [-0.4, -0.2) is 40.6 Å². The fourth-order valence-corrected chi connectivity index (χ4v) is 10.5. The van der Waals surface area contributed by atoms with Crippen LogP contribution in [0.15, 0.2) is 24.3 Å². The van der Waals surface area contributed by atoms with E-state index in [1.165, 1.54) is 25.7 Å². The Balaban J connectivity index is 1.33. The molecule has 39 heavy (non-hydrogen) atoms. The zero-order valence-corrected chi connectivity index (χ0v) is 24.6. The smallest absolute Gasteiger partial charge is 0.336 e. The van der Waals surface area contributed by atoms with E-state index in [-0.39, 0.29) is 28.6 Å². The number of carboxylic acids is 1. The molecule has 0 heterocycles. The molecular weight excluding hydrogens is 488 g/mol. The van der Waals surface area contributed by atoms with E-state index in [4.69, 9.17) is 4.74 Å². The van der Waals surface area contributed by atoms with Crippen molar-refractivity contribution < 1.29 is 24.9 Å². The number of rotatable bonds is 7. The summed E-state index contributed by atoms with van der Waals surface area (Å²) < 4.78 is 5.21. The minimum Gasteiger partial charge on any atom is -0.497 e. The lowest BCUT2D eigenvalue weighted by atomic mass is 9.41. The van der Waals surface area contributed by atoms with Crippen molar-refractivity contribution in [1.29, 1.82) is 0 Å². The third kappa shape index (κ3) is 4.76. The number of aliphatic hydroxyl groups is 2. The SMILES string of the molecule is CC[C@H]1C(O)C2C3CC[C@H]([C@H](C)C/C=C/c4ccc(OC)cc4C(=O)O)[C@@]3(C)CCC2[C@@]2(C)CC[C@@H](O)C[C@@H]12. The Morgan fingerprint density at radius 2 is 1.79 bits per heavy atom. The Labute approximate surface area is 235 Å². The molecule has 1 aromatic rings. The summed E-state index contributed by atoms with van der Waals surface area (Å²) in [5.74, 6) is 2.93. The number of benzene rings is 1. The first kappa shape index (κ1) is 28.7. The molecule has 5 heteroatoms. The van der Waals surface area contributed by atoms with Crippen LogP contribution in [-0.2, 0) is 0 Å². The molecule has 0 bridgehead atoms. The van der Waals surface area contributed by atoms with Crippen molar-refractivity contribution in [1.82, 2.24) is 0 Å². The standard InChI is InChI=1S/C34H50O5/c1-6-24-29-18-22(35)14-16-34(29,4)28-15-17-33(3)26(12-13-27(33)30(28)31(24)36)20(2)8-7-9-21-10-11-23(39-5)19-25(21)32(37)38/h7,9-11,19-20,22,24,26-31,35-36H,6,8,12-18H2,1-5H3,(H,37,38)/b9-7+/t20-,22-,24-,26-,27?,28?,29+,30?,31?,33-,34-/m1/s1. The molecule has 4 saturated carbocycles. The van der Waals surface area contributed by atoms with E-state index >= 15 is 0 Å². The van der Waals surface area contributed by atoms with Crippen molar-refractivity contribution in [3.05, 3.63) is 35.4 Å². The minimum absolute atomic E-state index is 0.205. The molecule has 0 amide bonds. The van der Waals surface area contributed by atoms with Crippen molar-refractivity contribution >= 4 is 12.0 Å². The van der Waals surface area contributed by atoms with Gasteiger partial charge in [-0.05, 0) is 121 Å². The van der Waals surface area contributed by atoms with E-state index in [1.807, 2.05) is 18.2 Å². The van der Waals surface area contributed by atoms with Crippen LogP contribution < -0.4 is 4.74 Å². The number of carbonyl (C=O) groups is 1. The molecule has 4 aliphatic carbocycles. The summed E-state index contributed by atoms with van der Waals surface area (Å²) in [5, 5.41) is 32.1. The van der Waals surface area contributed by atoms with E-state index in [1.54, 1.807) is 13.2 Å². The highest BCUT2D eigenvalue weighted by atomic mass is 16.5. The lowest BCUT2D eigenvalue weighted by Crippen LogP contribution is -2.62. The van der Waals surface area contributed by atoms with Crippen LogP contribution in [0.2, 0.25) is 0 Å². The molecule has 0 spiro atoms. The average Bonchev–Trinajstić information content (AvgIpc) is 3.27. The van der Waals surface area contributed by atoms with Crippen molar-refractivity contribution in [2.75, 3.05) is 7.11 Å². The average molecular weight is 539 g/mol. The van der Waals surface area contributed by atoms with Gasteiger partial charge in [-0.15, -0.1) is 0 Å². The highest BCUT2D eigenvalue weighted by molar-refractivity contribution is 5.92. The Morgan fingerprint density at radius 1 is 1.08 bits per heavy atom. The molecule has 216 valence electrons. The second kappa shape index (κ2) is 10.9. The predicted molar refractivity (Wildman–Crippen MR) is 155 cm³/mol. The summed E-state index contributed by atoms with van der Waals surface area (Å²) in [5.41, 5.74) is 1.45. The second-order valence-corrected chi connectivity index (χ2v) is 14.0. The molecule has 4 aliphatic rings. The molecule has 0 saturated heterocycles. The zero-order valence-electron chi connectivity index (χ0n) is 24.6. The number of hydrogen-bond acceptors (Lipinski definition) is 4. The molecule has 0 radical (unpaired) electrons. The lowest BCUT2D eigenvalue weighted by Gasteiger charge is -2.64. The number of fused-ring (bicyclic) bond motifs is 5. The normalized spacial score (nSPS) is 42.4. The Kier molecular flexibility index (Phi) is 7.98. The lowest BCUT2D eigenvalue weighted by molar-refractivity contribution is -0.203. The summed E-state index contributed by atoms with van der Waals surface area (Å²) in [6, 6.07) is 5.22. The topological polar surface area (TPSA) is 87.0 Å². The third-order valence-electron chi connectivity index (χ3n) is 12.4. The molecule has 5 nitrogen and oxygen atoms in total. The second-order valence-electron chi connectivity index (χ2n) is 14.0. The Bertz CT molecular complexity index is 1080. The maximum Gasteiger partial charge on any atom is 0.336 e. The van der Waals surface area contributed by atoms with Gasteiger partial charge in [0.1, 0.15) is 5.75 Å². The number of ether oxygens (including phenoxy) is 1. The summed E-state index contributed by atoms with van der Waals surface area (Å²) in [4.78, 5) is 11.8. The summed E-state index contributed by atoms with van der Waals surface area (Å²) in [6.07, 6.45) is 13.3. The number of hydrogen-bond donors (Lipinski definition) is 3. The molecule has 1 aromatic carbocycles. The van der Waals surface area contributed by atoms with Gasteiger partial charge in [0.05, 0.1) is 24.9 Å². The van der Waals surface area contributed by atoms with Crippen LogP contribution in [0.4, 0.5) is 0 Å². The van der Waals surface area contributed by atoms with Gasteiger partial charge in [-0.2, -0.15) is 0 Å². The van der Waals surface area contributed by atoms with Gasteiger partial charge >= 0.3 is 5.97 Å². The Morgan fingerprint density at radius 3 is 2.49 bits per heavy atom. The quantitative estimate of drug-likeness (QED) is 0.346. The summed E-state index contributed by atoms with van der Waals surface area (Å²) >= 11 is 0. The van der Waals surface area contributed by atoms with Gasteiger partial charge in [0.25, 0.3) is 0 Å². The summed E-state index contributed by atoms with van der Waals surface area (Å²) in [7, 11) is 1.55. The number of aromatic carboxylic acids is 1. The number of aliphatic hydroxyl groups excluding tert-OH is 2. The number of carboxylic acid groups (broad SMARTS) is 1. The van der Waals surface area contributed by atoms with Crippen LogP contribution in [0.5, 0.6) is 5.75 Å². The maximum absolute atomic E-state index is 11.9. The van der Waals surface area contributed by atoms with Crippen molar-refractivity contribution in [2.45, 2.75) is 97.7 Å². The predicted octanol–water partition coefficient (Wildman–Crippen LogP) is 7.06. The van der Waals surface area contributed by atoms with Gasteiger partial charge < -0.3 is 20.1 Å². The van der Waals surface area contributed by atoms with Gasteiger partial charge in [-0.3, -0.25) is 0 Å². The largest absolute Gasteiger partial charge is 0.497 e. The van der Waals surface area contributed by atoms with Crippen LogP contribution in [0, 0.1) is 52.3 Å². The van der Waals surface area contributed by atoms with Gasteiger partial charge in [0.2, 0.25) is 0 Å². The molecule has 0 aliphatic heterocycles. The van der Waals surface area contributed by atoms with Crippen LogP contribution in [0.1, 0.15) is 101 Å². The first-order valence-corrected chi connectivity index (χ1v) is 15.5. The number of allylic oxidation sites excluding steroid dienone is 1. The van der Waals surface area contributed by atoms with Gasteiger partial charge in [0.15, 0.2) is 0 Å². The van der Waals surface area contributed by atoms with Gasteiger partial charge in [-0.25, -0.2) is 4.79 Å². The monoisotopic (exact) mass is 538 g/mol. The number of methoxy groups -OCH3 is 1. The molecule has 4 fully saturated rings. The van der Waals surface area contributed by atoms with Gasteiger partial charge in [-0.1, -0.05) is 52.3 Å². The Hall–Kier alpha value is -1.85. The van der Waals surface area contributed by atoms with Gasteiger partial charge in [0, 0.05) is 0 Å². The van der Waals surface area contributed by atoms with Crippen molar-refractivity contribution in [3.8, 4) is 5.75 Å². The molecule has 4 unspecified atom stereocenters. The van der Waals surface area contributed by atoms with Crippen LogP contribution >= 0.6 is 0 Å². The van der Waals surface area contributed by atoms with E-state index in [9.17, 15) is 20.1 Å². The molecule has 0 aromatic heterocycles. The van der Waals surface area contributed by atoms with Crippen LogP contribution in [0.3, 0.4) is 0 Å².